The smallest absolute Gasteiger partial charge is 0.133 e. The van der Waals surface area contributed by atoms with E-state index in [1.54, 1.807) is 0 Å². The molecule has 0 spiro atoms. The van der Waals surface area contributed by atoms with Crippen LogP contribution in [-0.2, 0) is 0 Å². The summed E-state index contributed by atoms with van der Waals surface area (Å²) >= 11 is 0. The molecule has 0 saturated heterocycles. The molecule has 0 aromatic rings. The third-order valence-electron chi connectivity index (χ3n) is 3.57. The minimum Gasteiger partial charge on any atom is -0.387 e. The van der Waals surface area contributed by atoms with Crippen molar-refractivity contribution in [3.8, 4) is 0 Å². The summed E-state index contributed by atoms with van der Waals surface area (Å²) in [7, 11) is 0. The maximum absolute atomic E-state index is 13.1. The van der Waals surface area contributed by atoms with Gasteiger partial charge in [-0.1, -0.05) is 0 Å². The number of rotatable bonds is 2. The van der Waals surface area contributed by atoms with E-state index in [9.17, 15) is 4.39 Å². The van der Waals surface area contributed by atoms with Crippen LogP contribution in [0.2, 0.25) is 0 Å². The second-order valence-electron chi connectivity index (χ2n) is 4.95. The highest BCUT2D eigenvalue weighted by atomic mass is 19.1. The van der Waals surface area contributed by atoms with E-state index in [1.165, 1.54) is 6.21 Å². The molecule has 3 N–H and O–H groups in total. The minimum atomic E-state index is -0.678. The molecule has 1 aliphatic carbocycles. The predicted octanol–water partition coefficient (Wildman–Crippen LogP) is 2.60. The zero-order chi connectivity index (χ0) is 13.1. The van der Waals surface area contributed by atoms with Crippen LogP contribution >= 0.6 is 0 Å². The molecule has 0 bridgehead atoms. The SMILES string of the molecule is CC1=C(C=N)CC(N)=NC(C2CCC(F)CC2)=N1. The van der Waals surface area contributed by atoms with Crippen LogP contribution < -0.4 is 5.73 Å². The lowest BCUT2D eigenvalue weighted by Gasteiger charge is -2.23. The number of allylic oxidation sites excluding steroid dienone is 1. The summed E-state index contributed by atoms with van der Waals surface area (Å²) in [5.74, 6) is 1.41. The fourth-order valence-electron chi connectivity index (χ4n) is 2.43. The van der Waals surface area contributed by atoms with Gasteiger partial charge >= 0.3 is 0 Å². The molecule has 98 valence electrons. The highest BCUT2D eigenvalue weighted by Crippen LogP contribution is 2.29. The van der Waals surface area contributed by atoms with Crippen LogP contribution in [0.3, 0.4) is 0 Å². The monoisotopic (exact) mass is 250 g/mol. The fourth-order valence-corrected chi connectivity index (χ4v) is 2.43. The molecular weight excluding hydrogens is 231 g/mol. The Hall–Kier alpha value is -1.52. The molecule has 1 heterocycles. The lowest BCUT2D eigenvalue weighted by atomic mass is 9.87. The van der Waals surface area contributed by atoms with E-state index in [0.29, 0.717) is 30.9 Å². The normalized spacial score (nSPS) is 29.4. The molecule has 0 radical (unpaired) electrons. The first-order valence-electron chi connectivity index (χ1n) is 6.36. The topological polar surface area (TPSA) is 74.6 Å². The first-order valence-corrected chi connectivity index (χ1v) is 6.36. The van der Waals surface area contributed by atoms with Gasteiger partial charge in [0.1, 0.15) is 17.8 Å². The summed E-state index contributed by atoms with van der Waals surface area (Å²) in [5.41, 5.74) is 7.44. The molecule has 0 atom stereocenters. The van der Waals surface area contributed by atoms with Gasteiger partial charge in [0.15, 0.2) is 0 Å². The van der Waals surface area contributed by atoms with Gasteiger partial charge in [0, 0.05) is 24.3 Å². The Labute approximate surface area is 106 Å². The molecule has 2 rings (SSSR count). The number of aliphatic imine (C=N–C) groups is 2. The second-order valence-corrected chi connectivity index (χ2v) is 4.95. The van der Waals surface area contributed by atoms with Crippen molar-refractivity contribution in [3.05, 3.63) is 11.3 Å². The highest BCUT2D eigenvalue weighted by molar-refractivity contribution is 6.02. The zero-order valence-corrected chi connectivity index (χ0v) is 10.6. The van der Waals surface area contributed by atoms with Gasteiger partial charge in [0.25, 0.3) is 0 Å². The number of halogens is 1. The van der Waals surface area contributed by atoms with Gasteiger partial charge in [-0.2, -0.15) is 0 Å². The molecule has 1 fully saturated rings. The van der Waals surface area contributed by atoms with Crippen LogP contribution in [0, 0.1) is 11.3 Å². The van der Waals surface area contributed by atoms with Crippen LogP contribution in [0.1, 0.15) is 39.0 Å². The third kappa shape index (κ3) is 2.83. The summed E-state index contributed by atoms with van der Waals surface area (Å²) in [4.78, 5) is 8.83. The van der Waals surface area contributed by atoms with Gasteiger partial charge in [0.05, 0.1) is 0 Å². The van der Waals surface area contributed by atoms with Crippen LogP contribution in [0.15, 0.2) is 21.3 Å². The molecule has 0 amide bonds. The van der Waals surface area contributed by atoms with Crippen LogP contribution in [0.25, 0.3) is 0 Å². The average molecular weight is 250 g/mol. The van der Waals surface area contributed by atoms with Gasteiger partial charge in [-0.25, -0.2) is 14.4 Å². The van der Waals surface area contributed by atoms with Crippen LogP contribution in [-0.4, -0.2) is 24.1 Å². The highest BCUT2D eigenvalue weighted by Gasteiger charge is 2.25. The molecule has 2 aliphatic rings. The fraction of sp³-hybridized carbons (Fsp3) is 0.615. The number of hydrogen-bond acceptors (Lipinski definition) is 4. The van der Waals surface area contributed by atoms with Crippen LogP contribution in [0.5, 0.6) is 0 Å². The van der Waals surface area contributed by atoms with Crippen LogP contribution in [0.4, 0.5) is 4.39 Å². The summed E-state index contributed by atoms with van der Waals surface area (Å²) in [6.07, 6.45) is 3.80. The largest absolute Gasteiger partial charge is 0.387 e. The molecule has 4 nitrogen and oxygen atoms in total. The number of nitrogens with zero attached hydrogens (tertiary/aromatic N) is 2. The van der Waals surface area contributed by atoms with E-state index in [2.05, 4.69) is 9.98 Å². The Morgan fingerprint density at radius 2 is 1.94 bits per heavy atom. The first-order chi connectivity index (χ1) is 8.60. The number of alkyl halides is 1. The molecule has 0 unspecified atom stereocenters. The lowest BCUT2D eigenvalue weighted by molar-refractivity contribution is 0.232. The lowest BCUT2D eigenvalue weighted by Crippen LogP contribution is -2.23. The third-order valence-corrected chi connectivity index (χ3v) is 3.57. The molecule has 1 aliphatic heterocycles. The predicted molar refractivity (Wildman–Crippen MR) is 72.0 cm³/mol. The van der Waals surface area contributed by atoms with Crippen molar-refractivity contribution in [1.82, 2.24) is 0 Å². The maximum Gasteiger partial charge on any atom is 0.133 e. The Bertz CT molecular complexity index is 428. The van der Waals surface area contributed by atoms with Crippen molar-refractivity contribution >= 4 is 17.9 Å². The van der Waals surface area contributed by atoms with E-state index in [-0.39, 0.29) is 5.92 Å². The van der Waals surface area contributed by atoms with Crippen molar-refractivity contribution in [3.63, 3.8) is 0 Å². The zero-order valence-electron chi connectivity index (χ0n) is 10.6. The van der Waals surface area contributed by atoms with E-state index < -0.39 is 6.17 Å². The van der Waals surface area contributed by atoms with E-state index >= 15 is 0 Å². The molecule has 5 heteroatoms. The van der Waals surface area contributed by atoms with E-state index in [0.717, 1.165) is 24.1 Å². The molecule has 18 heavy (non-hydrogen) atoms. The minimum absolute atomic E-state index is 0.204. The molecular formula is C13H19FN4. The first kappa shape index (κ1) is 12.9. The standard InChI is InChI=1S/C13H19FN4/c1-8-10(7-15)6-12(16)18-13(17-8)9-2-4-11(14)5-3-9/h7,9,11,15H,2-6H2,1H3,(H2,16,17,18). The quantitative estimate of drug-likeness (QED) is 0.726. The van der Waals surface area contributed by atoms with Gasteiger partial charge < -0.3 is 11.1 Å². The van der Waals surface area contributed by atoms with Gasteiger partial charge in [-0.05, 0) is 38.2 Å². The average Bonchev–Trinajstić information content (AvgIpc) is 2.49. The number of hydrogen-bond donors (Lipinski definition) is 2. The number of amidine groups is 2. The second kappa shape index (κ2) is 5.42. The molecule has 0 aromatic heterocycles. The molecule has 0 aromatic carbocycles. The van der Waals surface area contributed by atoms with E-state index in [1.807, 2.05) is 6.92 Å². The Balaban J connectivity index is 2.23. The van der Waals surface area contributed by atoms with Crippen molar-refractivity contribution in [2.24, 2.45) is 21.6 Å². The number of nitrogens with two attached hydrogens (primary N) is 1. The maximum atomic E-state index is 13.1. The summed E-state index contributed by atoms with van der Waals surface area (Å²) in [6.45, 7) is 1.87. The number of nitrogens with one attached hydrogen (secondary N) is 1. The van der Waals surface area contributed by atoms with Gasteiger partial charge in [-0.15, -0.1) is 0 Å². The van der Waals surface area contributed by atoms with E-state index in [4.69, 9.17) is 11.1 Å². The van der Waals surface area contributed by atoms with Crippen molar-refractivity contribution in [1.29, 1.82) is 5.41 Å². The summed E-state index contributed by atoms with van der Waals surface area (Å²) < 4.78 is 13.1. The van der Waals surface area contributed by atoms with Crippen molar-refractivity contribution < 1.29 is 4.39 Å². The van der Waals surface area contributed by atoms with Crippen molar-refractivity contribution in [2.45, 2.75) is 45.2 Å². The Kier molecular flexibility index (Phi) is 3.89. The van der Waals surface area contributed by atoms with Gasteiger partial charge in [0.2, 0.25) is 0 Å². The van der Waals surface area contributed by atoms with Gasteiger partial charge in [-0.3, -0.25) is 0 Å². The van der Waals surface area contributed by atoms with Crippen molar-refractivity contribution in [2.75, 3.05) is 0 Å². The Morgan fingerprint density at radius 1 is 1.28 bits per heavy atom. The summed E-state index contributed by atoms with van der Waals surface area (Å²) in [5, 5.41) is 7.34. The molecule has 1 saturated carbocycles. The summed E-state index contributed by atoms with van der Waals surface area (Å²) in [6, 6.07) is 0. The Morgan fingerprint density at radius 3 is 2.56 bits per heavy atom.